The van der Waals surface area contributed by atoms with Crippen LogP contribution in [0, 0.1) is 5.92 Å². The molecule has 1 unspecified atom stereocenters. The molecule has 0 aromatic carbocycles. The first-order valence-corrected chi connectivity index (χ1v) is 5.52. The van der Waals surface area contributed by atoms with E-state index in [4.69, 9.17) is 5.73 Å². The van der Waals surface area contributed by atoms with Crippen molar-refractivity contribution in [2.45, 2.75) is 32.7 Å². The Hall–Kier alpha value is -1.32. The van der Waals surface area contributed by atoms with E-state index in [1.165, 1.54) is 12.8 Å². The molecular weight excluding hydrogens is 188 g/mol. The van der Waals surface area contributed by atoms with E-state index >= 15 is 0 Å². The highest BCUT2D eigenvalue weighted by molar-refractivity contribution is 5.61. The fourth-order valence-corrected chi connectivity index (χ4v) is 2.32. The van der Waals surface area contributed by atoms with Gasteiger partial charge in [-0.1, -0.05) is 13.8 Å². The number of nitrogens with zero attached hydrogens (tertiary/aromatic N) is 3. The van der Waals surface area contributed by atoms with E-state index in [1.54, 1.807) is 12.5 Å². The molecule has 0 amide bonds. The second-order valence-electron chi connectivity index (χ2n) is 4.45. The Morgan fingerprint density at radius 1 is 1.53 bits per heavy atom. The van der Waals surface area contributed by atoms with Gasteiger partial charge in [-0.05, 0) is 18.8 Å². The van der Waals surface area contributed by atoms with Gasteiger partial charge >= 0.3 is 0 Å². The first-order valence-electron chi connectivity index (χ1n) is 5.52. The highest BCUT2D eigenvalue weighted by Gasteiger charge is 2.28. The predicted molar refractivity (Wildman–Crippen MR) is 61.7 cm³/mol. The van der Waals surface area contributed by atoms with Gasteiger partial charge in [0.1, 0.15) is 6.33 Å². The van der Waals surface area contributed by atoms with Crippen molar-refractivity contribution in [2.75, 3.05) is 17.2 Å². The smallest absolute Gasteiger partial charge is 0.155 e. The standard InChI is InChI=1S/C11H18N4/c1-8(2)10-4-3-5-15(10)11-9(12)6-13-7-14-11/h6-8,10H,3-5,12H2,1-2H3. The number of hydrogen-bond donors (Lipinski definition) is 1. The van der Waals surface area contributed by atoms with Crippen molar-refractivity contribution in [1.29, 1.82) is 0 Å². The monoisotopic (exact) mass is 206 g/mol. The van der Waals surface area contributed by atoms with Crippen LogP contribution in [0.1, 0.15) is 26.7 Å². The number of nitrogen functional groups attached to an aromatic ring is 1. The molecule has 82 valence electrons. The summed E-state index contributed by atoms with van der Waals surface area (Å²) in [5, 5.41) is 0. The van der Waals surface area contributed by atoms with E-state index in [9.17, 15) is 0 Å². The molecule has 1 atom stereocenters. The molecule has 0 aliphatic carbocycles. The minimum absolute atomic E-state index is 0.571. The zero-order chi connectivity index (χ0) is 10.8. The zero-order valence-corrected chi connectivity index (χ0v) is 9.35. The minimum Gasteiger partial charge on any atom is -0.394 e. The van der Waals surface area contributed by atoms with Crippen molar-refractivity contribution in [3.8, 4) is 0 Å². The molecule has 1 aliphatic rings. The van der Waals surface area contributed by atoms with Crippen LogP contribution in [0.5, 0.6) is 0 Å². The van der Waals surface area contributed by atoms with Gasteiger partial charge in [0.15, 0.2) is 5.82 Å². The van der Waals surface area contributed by atoms with Gasteiger partial charge in [0.05, 0.1) is 11.9 Å². The van der Waals surface area contributed by atoms with Crippen LogP contribution < -0.4 is 10.6 Å². The second-order valence-corrected chi connectivity index (χ2v) is 4.45. The molecule has 1 fully saturated rings. The van der Waals surface area contributed by atoms with Crippen LogP contribution in [0.15, 0.2) is 12.5 Å². The quantitative estimate of drug-likeness (QED) is 0.800. The van der Waals surface area contributed by atoms with Gasteiger partial charge in [0.2, 0.25) is 0 Å². The summed E-state index contributed by atoms with van der Waals surface area (Å²) in [6.45, 7) is 5.56. The molecule has 0 bridgehead atoms. The summed E-state index contributed by atoms with van der Waals surface area (Å²) in [5.41, 5.74) is 6.58. The topological polar surface area (TPSA) is 55.0 Å². The van der Waals surface area contributed by atoms with Crippen LogP contribution in [0.3, 0.4) is 0 Å². The van der Waals surface area contributed by atoms with E-state index in [0.717, 1.165) is 12.4 Å². The maximum atomic E-state index is 5.90. The van der Waals surface area contributed by atoms with Gasteiger partial charge < -0.3 is 10.6 Å². The number of anilines is 2. The molecule has 1 aromatic heterocycles. The molecule has 15 heavy (non-hydrogen) atoms. The van der Waals surface area contributed by atoms with Gasteiger partial charge in [0.25, 0.3) is 0 Å². The van der Waals surface area contributed by atoms with Crippen LogP contribution in [0.25, 0.3) is 0 Å². The maximum Gasteiger partial charge on any atom is 0.155 e. The Morgan fingerprint density at radius 3 is 3.00 bits per heavy atom. The van der Waals surface area contributed by atoms with Gasteiger partial charge in [0, 0.05) is 12.6 Å². The number of nitrogens with two attached hydrogens (primary N) is 1. The number of hydrogen-bond acceptors (Lipinski definition) is 4. The lowest BCUT2D eigenvalue weighted by molar-refractivity contribution is 0.490. The highest BCUT2D eigenvalue weighted by Crippen LogP contribution is 2.30. The molecule has 0 radical (unpaired) electrons. The minimum atomic E-state index is 0.571. The lowest BCUT2D eigenvalue weighted by Gasteiger charge is -2.29. The Morgan fingerprint density at radius 2 is 2.33 bits per heavy atom. The Kier molecular flexibility index (Phi) is 2.75. The summed E-state index contributed by atoms with van der Waals surface area (Å²) in [7, 11) is 0. The van der Waals surface area contributed by atoms with Gasteiger partial charge in [-0.25, -0.2) is 9.97 Å². The average Bonchev–Trinajstić information content (AvgIpc) is 2.67. The fraction of sp³-hybridized carbons (Fsp3) is 0.636. The Balaban J connectivity index is 2.27. The van der Waals surface area contributed by atoms with E-state index in [-0.39, 0.29) is 0 Å². The molecule has 2 rings (SSSR count). The molecule has 2 heterocycles. The molecule has 1 aliphatic heterocycles. The van der Waals surface area contributed by atoms with E-state index in [0.29, 0.717) is 17.6 Å². The summed E-state index contributed by atoms with van der Waals surface area (Å²) in [5.74, 6) is 1.54. The van der Waals surface area contributed by atoms with Crippen molar-refractivity contribution in [3.05, 3.63) is 12.5 Å². The Bertz CT molecular complexity index is 337. The molecule has 2 N–H and O–H groups in total. The van der Waals surface area contributed by atoms with Crippen molar-refractivity contribution in [2.24, 2.45) is 5.92 Å². The molecule has 4 nitrogen and oxygen atoms in total. The van der Waals surface area contributed by atoms with Crippen LogP contribution in [0.2, 0.25) is 0 Å². The first kappa shape index (κ1) is 10.2. The van der Waals surface area contributed by atoms with Crippen molar-refractivity contribution >= 4 is 11.5 Å². The third-order valence-corrected chi connectivity index (χ3v) is 3.06. The lowest BCUT2D eigenvalue weighted by Crippen LogP contribution is -2.34. The van der Waals surface area contributed by atoms with Crippen LogP contribution in [-0.4, -0.2) is 22.6 Å². The maximum absolute atomic E-state index is 5.90. The average molecular weight is 206 g/mol. The summed E-state index contributed by atoms with van der Waals surface area (Å²) in [6.07, 6.45) is 5.72. The van der Waals surface area contributed by atoms with E-state index in [1.807, 2.05) is 0 Å². The molecule has 0 saturated carbocycles. The van der Waals surface area contributed by atoms with E-state index in [2.05, 4.69) is 28.7 Å². The second kappa shape index (κ2) is 4.04. The van der Waals surface area contributed by atoms with Crippen molar-refractivity contribution < 1.29 is 0 Å². The third kappa shape index (κ3) is 1.89. The zero-order valence-electron chi connectivity index (χ0n) is 9.35. The van der Waals surface area contributed by atoms with Crippen molar-refractivity contribution in [1.82, 2.24) is 9.97 Å². The fourth-order valence-electron chi connectivity index (χ4n) is 2.32. The molecule has 4 heteroatoms. The molecule has 1 saturated heterocycles. The van der Waals surface area contributed by atoms with Crippen molar-refractivity contribution in [3.63, 3.8) is 0 Å². The predicted octanol–water partition coefficient (Wildman–Crippen LogP) is 1.68. The van der Waals surface area contributed by atoms with E-state index < -0.39 is 0 Å². The van der Waals surface area contributed by atoms with Gasteiger partial charge in [-0.3, -0.25) is 0 Å². The molecular formula is C11H18N4. The molecule has 0 spiro atoms. The molecule has 1 aromatic rings. The largest absolute Gasteiger partial charge is 0.394 e. The van der Waals surface area contributed by atoms with Crippen LogP contribution in [0.4, 0.5) is 11.5 Å². The first-order chi connectivity index (χ1) is 7.20. The van der Waals surface area contributed by atoms with Crippen LogP contribution >= 0.6 is 0 Å². The summed E-state index contributed by atoms with van der Waals surface area (Å²) < 4.78 is 0. The summed E-state index contributed by atoms with van der Waals surface area (Å²) in [4.78, 5) is 10.5. The van der Waals surface area contributed by atoms with Gasteiger partial charge in [-0.15, -0.1) is 0 Å². The SMILES string of the molecule is CC(C)C1CCCN1c1ncncc1N. The summed E-state index contributed by atoms with van der Waals surface area (Å²) in [6, 6.07) is 0.571. The van der Waals surface area contributed by atoms with Crippen LogP contribution in [-0.2, 0) is 0 Å². The number of rotatable bonds is 2. The Labute approximate surface area is 90.5 Å². The number of aromatic nitrogens is 2. The normalized spacial score (nSPS) is 21.3. The summed E-state index contributed by atoms with van der Waals surface area (Å²) >= 11 is 0. The highest BCUT2D eigenvalue weighted by atomic mass is 15.2. The van der Waals surface area contributed by atoms with Gasteiger partial charge in [-0.2, -0.15) is 0 Å². The lowest BCUT2D eigenvalue weighted by atomic mass is 10.0. The third-order valence-electron chi connectivity index (χ3n) is 3.06.